The molecule has 0 aliphatic rings. The van der Waals surface area contributed by atoms with Crippen LogP contribution in [0.4, 0.5) is 10.1 Å². The van der Waals surface area contributed by atoms with Crippen molar-refractivity contribution in [1.29, 1.82) is 0 Å². The van der Waals surface area contributed by atoms with Gasteiger partial charge in [0.05, 0.1) is 26.7 Å². The molecule has 0 aliphatic carbocycles. The van der Waals surface area contributed by atoms with Crippen molar-refractivity contribution in [1.82, 2.24) is 4.98 Å². The molecule has 27 heavy (non-hydrogen) atoms. The SMILES string of the molecule is CC(SCc1csc(-c2ccc(F)cc2)n1)C(=O)Nc1c(Cl)cccc1Cl. The number of rotatable bonds is 6. The predicted octanol–water partition coefficient (Wildman–Crippen LogP) is 6.52. The van der Waals surface area contributed by atoms with Crippen LogP contribution in [0.3, 0.4) is 0 Å². The van der Waals surface area contributed by atoms with Crippen molar-refractivity contribution in [2.45, 2.75) is 17.9 Å². The summed E-state index contributed by atoms with van der Waals surface area (Å²) in [5.74, 6) is 0.135. The molecular formula is C19H15Cl2FN2OS2. The van der Waals surface area contributed by atoms with Crippen LogP contribution in [0.15, 0.2) is 47.8 Å². The topological polar surface area (TPSA) is 42.0 Å². The van der Waals surface area contributed by atoms with Gasteiger partial charge in [0.1, 0.15) is 10.8 Å². The first-order valence-electron chi connectivity index (χ1n) is 8.01. The highest BCUT2D eigenvalue weighted by Crippen LogP contribution is 2.31. The summed E-state index contributed by atoms with van der Waals surface area (Å²) in [6, 6.07) is 11.3. The van der Waals surface area contributed by atoms with Crippen molar-refractivity contribution in [2.75, 3.05) is 5.32 Å². The Bertz CT molecular complexity index is 927. The van der Waals surface area contributed by atoms with Gasteiger partial charge in [0.15, 0.2) is 0 Å². The minimum atomic E-state index is -0.312. The molecule has 1 atom stereocenters. The van der Waals surface area contributed by atoms with E-state index in [-0.39, 0.29) is 17.0 Å². The fraction of sp³-hybridized carbons (Fsp3) is 0.158. The van der Waals surface area contributed by atoms with E-state index in [9.17, 15) is 9.18 Å². The number of amides is 1. The first-order valence-corrected chi connectivity index (χ1v) is 10.7. The number of thioether (sulfide) groups is 1. The Morgan fingerprint density at radius 1 is 1.22 bits per heavy atom. The summed E-state index contributed by atoms with van der Waals surface area (Å²) in [5.41, 5.74) is 2.17. The molecular weight excluding hydrogens is 426 g/mol. The third-order valence-corrected chi connectivity index (χ3v) is 6.45. The molecule has 2 aromatic carbocycles. The Morgan fingerprint density at radius 3 is 2.56 bits per heavy atom. The van der Waals surface area contributed by atoms with Crippen LogP contribution in [0.25, 0.3) is 10.6 Å². The van der Waals surface area contributed by atoms with E-state index in [1.165, 1.54) is 35.2 Å². The van der Waals surface area contributed by atoms with Gasteiger partial charge >= 0.3 is 0 Å². The van der Waals surface area contributed by atoms with Gasteiger partial charge < -0.3 is 5.32 Å². The molecule has 0 fully saturated rings. The number of hydrogen-bond acceptors (Lipinski definition) is 4. The maximum atomic E-state index is 13.0. The van der Waals surface area contributed by atoms with Gasteiger partial charge in [0, 0.05) is 16.7 Å². The summed E-state index contributed by atoms with van der Waals surface area (Å²) < 4.78 is 13.0. The summed E-state index contributed by atoms with van der Waals surface area (Å²) >= 11 is 15.1. The van der Waals surface area contributed by atoms with Crippen LogP contribution >= 0.6 is 46.3 Å². The number of carbonyl (C=O) groups excluding carboxylic acids is 1. The van der Waals surface area contributed by atoms with Crippen LogP contribution in [-0.4, -0.2) is 16.1 Å². The fourth-order valence-corrected chi connectivity index (χ4v) is 4.43. The minimum absolute atomic E-state index is 0.177. The van der Waals surface area contributed by atoms with Gasteiger partial charge in [-0.15, -0.1) is 23.1 Å². The summed E-state index contributed by atoms with van der Waals surface area (Å²) in [5, 5.41) is 6.03. The van der Waals surface area contributed by atoms with Crippen molar-refractivity contribution in [3.05, 3.63) is 69.4 Å². The molecule has 0 saturated heterocycles. The summed E-state index contributed by atoms with van der Waals surface area (Å²) in [6.07, 6.45) is 0. The molecule has 1 heterocycles. The van der Waals surface area contributed by atoms with Gasteiger partial charge in [-0.05, 0) is 43.3 Å². The predicted molar refractivity (Wildman–Crippen MR) is 113 cm³/mol. The zero-order chi connectivity index (χ0) is 19.4. The molecule has 3 nitrogen and oxygen atoms in total. The number of thiazole rings is 1. The Labute approximate surface area is 174 Å². The lowest BCUT2D eigenvalue weighted by Crippen LogP contribution is -2.23. The van der Waals surface area contributed by atoms with E-state index >= 15 is 0 Å². The Morgan fingerprint density at radius 2 is 1.89 bits per heavy atom. The third kappa shape index (κ3) is 5.23. The summed E-state index contributed by atoms with van der Waals surface area (Å²) in [4.78, 5) is 16.9. The molecule has 0 aliphatic heterocycles. The summed E-state index contributed by atoms with van der Waals surface area (Å²) in [7, 11) is 0. The molecule has 8 heteroatoms. The first kappa shape index (κ1) is 20.1. The molecule has 1 N–H and O–H groups in total. The lowest BCUT2D eigenvalue weighted by atomic mass is 10.2. The zero-order valence-corrected chi connectivity index (χ0v) is 17.4. The van der Waals surface area contributed by atoms with Gasteiger partial charge in [-0.2, -0.15) is 0 Å². The van der Waals surface area contributed by atoms with Gasteiger partial charge in [-0.3, -0.25) is 4.79 Å². The third-order valence-electron chi connectivity index (χ3n) is 3.70. The van der Waals surface area contributed by atoms with Crippen molar-refractivity contribution in [3.63, 3.8) is 0 Å². The number of nitrogens with zero attached hydrogens (tertiary/aromatic N) is 1. The van der Waals surface area contributed by atoms with E-state index in [0.29, 0.717) is 21.5 Å². The molecule has 0 radical (unpaired) electrons. The maximum Gasteiger partial charge on any atom is 0.237 e. The lowest BCUT2D eigenvalue weighted by molar-refractivity contribution is -0.115. The maximum absolute atomic E-state index is 13.0. The van der Waals surface area contributed by atoms with Gasteiger partial charge in [-0.25, -0.2) is 9.37 Å². The highest BCUT2D eigenvalue weighted by molar-refractivity contribution is 7.99. The highest BCUT2D eigenvalue weighted by atomic mass is 35.5. The number of para-hydroxylation sites is 1. The molecule has 1 amide bonds. The fourth-order valence-electron chi connectivity index (χ4n) is 2.23. The Kier molecular flexibility index (Phi) is 6.76. The summed E-state index contributed by atoms with van der Waals surface area (Å²) in [6.45, 7) is 1.82. The lowest BCUT2D eigenvalue weighted by Gasteiger charge is -2.13. The number of nitrogens with one attached hydrogen (secondary N) is 1. The van der Waals surface area contributed by atoms with E-state index in [1.807, 2.05) is 12.3 Å². The van der Waals surface area contributed by atoms with Crippen LogP contribution in [0.2, 0.25) is 10.0 Å². The second-order valence-corrected chi connectivity index (χ2v) is 8.69. The van der Waals surface area contributed by atoms with E-state index < -0.39 is 0 Å². The molecule has 3 rings (SSSR count). The van der Waals surface area contributed by atoms with Crippen molar-refractivity contribution in [2.24, 2.45) is 0 Å². The van der Waals surface area contributed by atoms with Gasteiger partial charge in [0.25, 0.3) is 0 Å². The molecule has 1 unspecified atom stereocenters. The van der Waals surface area contributed by atoms with Crippen LogP contribution in [0.5, 0.6) is 0 Å². The van der Waals surface area contributed by atoms with Crippen molar-refractivity contribution >= 4 is 57.9 Å². The number of benzene rings is 2. The number of aromatic nitrogens is 1. The zero-order valence-electron chi connectivity index (χ0n) is 14.2. The van der Waals surface area contributed by atoms with Crippen molar-refractivity contribution < 1.29 is 9.18 Å². The molecule has 1 aromatic heterocycles. The second-order valence-electron chi connectivity index (χ2n) is 5.69. The van der Waals surface area contributed by atoms with E-state index in [2.05, 4.69) is 10.3 Å². The number of halogens is 3. The van der Waals surface area contributed by atoms with Crippen LogP contribution in [-0.2, 0) is 10.5 Å². The van der Waals surface area contributed by atoms with Crippen LogP contribution in [0.1, 0.15) is 12.6 Å². The van der Waals surface area contributed by atoms with E-state index in [0.717, 1.165) is 16.3 Å². The van der Waals surface area contributed by atoms with Crippen LogP contribution in [0, 0.1) is 5.82 Å². The molecule has 0 bridgehead atoms. The van der Waals surface area contributed by atoms with Gasteiger partial charge in [-0.1, -0.05) is 29.3 Å². The number of carbonyl (C=O) groups is 1. The minimum Gasteiger partial charge on any atom is -0.323 e. The monoisotopic (exact) mass is 440 g/mol. The largest absolute Gasteiger partial charge is 0.323 e. The van der Waals surface area contributed by atoms with Gasteiger partial charge in [0.2, 0.25) is 5.91 Å². The number of hydrogen-bond donors (Lipinski definition) is 1. The van der Waals surface area contributed by atoms with Crippen LogP contribution < -0.4 is 5.32 Å². The normalized spacial score (nSPS) is 12.0. The molecule has 0 spiro atoms. The second kappa shape index (κ2) is 9.06. The van der Waals surface area contributed by atoms with Crippen molar-refractivity contribution in [3.8, 4) is 10.6 Å². The smallest absolute Gasteiger partial charge is 0.237 e. The average molecular weight is 441 g/mol. The van der Waals surface area contributed by atoms with E-state index in [4.69, 9.17) is 23.2 Å². The molecule has 3 aromatic rings. The first-order chi connectivity index (χ1) is 12.9. The quantitative estimate of drug-likeness (QED) is 0.474. The Hall–Kier alpha value is -1.60. The number of anilines is 1. The Balaban J connectivity index is 1.58. The average Bonchev–Trinajstić information content (AvgIpc) is 3.12. The highest BCUT2D eigenvalue weighted by Gasteiger charge is 2.17. The van der Waals surface area contributed by atoms with E-state index in [1.54, 1.807) is 30.3 Å². The molecule has 0 saturated carbocycles. The standard InChI is InChI=1S/C19H15Cl2FN2OS2/c1-11(18(25)24-17-15(20)3-2-4-16(17)21)26-9-14-10-27-19(23-14)12-5-7-13(22)8-6-12/h2-8,10-11H,9H2,1H3,(H,24,25). The molecule has 140 valence electrons.